The molecule has 1 aromatic carbocycles. The molecule has 1 fully saturated rings. The molecule has 0 heterocycles. The Morgan fingerprint density at radius 2 is 1.80 bits per heavy atom. The number of benzene rings is 1. The molecule has 0 amide bonds. The van der Waals surface area contributed by atoms with Gasteiger partial charge in [0.05, 0.1) is 0 Å². The molecule has 1 aliphatic rings. The van der Waals surface area contributed by atoms with Gasteiger partial charge in [-0.25, -0.2) is 0 Å². The molecule has 1 nitrogen and oxygen atoms in total. The molecule has 2 heteroatoms. The predicted molar refractivity (Wildman–Crippen MR) is 96.0 cm³/mol. The first kappa shape index (κ1) is 16.3. The Morgan fingerprint density at radius 1 is 1.15 bits per heavy atom. The van der Waals surface area contributed by atoms with Gasteiger partial charge in [-0.3, -0.25) is 0 Å². The van der Waals surface area contributed by atoms with Crippen LogP contribution in [0, 0.1) is 20.8 Å². The summed E-state index contributed by atoms with van der Waals surface area (Å²) in [6, 6.07) is 9.75. The van der Waals surface area contributed by atoms with E-state index in [1.807, 2.05) is 0 Å². The Balaban J connectivity index is 2.07. The molecule has 0 aliphatic heterocycles. The van der Waals surface area contributed by atoms with E-state index >= 15 is 0 Å². The van der Waals surface area contributed by atoms with Gasteiger partial charge in [-0.15, -0.1) is 0 Å². The molecule has 2 rings (SSSR count). The number of hydrogen-bond acceptors (Lipinski definition) is 1. The highest BCUT2D eigenvalue weighted by Gasteiger charge is 2.35. The fraction of sp³-hybridized carbons (Fsp3) is 0.667. The molecule has 1 N–H and O–H groups in total. The van der Waals surface area contributed by atoms with Gasteiger partial charge in [-0.1, -0.05) is 32.9 Å². The average Bonchev–Trinajstić information content (AvgIpc) is 2.40. The Bertz CT molecular complexity index is 418. The van der Waals surface area contributed by atoms with Crippen molar-refractivity contribution in [3.63, 3.8) is 0 Å². The number of halogens is 1. The second kappa shape index (κ2) is 6.78. The summed E-state index contributed by atoms with van der Waals surface area (Å²) >= 11 is 2.38. The third-order valence-electron chi connectivity index (χ3n) is 4.99. The second-order valence-corrected chi connectivity index (χ2v) is 8.61. The first-order valence-electron chi connectivity index (χ1n) is 7.82. The smallest absolute Gasteiger partial charge is 0.0130 e. The fourth-order valence-electron chi connectivity index (χ4n) is 3.58. The van der Waals surface area contributed by atoms with Crippen molar-refractivity contribution in [2.24, 2.45) is 17.3 Å². The lowest BCUT2D eigenvalue weighted by Gasteiger charge is -2.42. The van der Waals surface area contributed by atoms with Crippen LogP contribution in [0.1, 0.15) is 45.6 Å². The van der Waals surface area contributed by atoms with Crippen molar-refractivity contribution in [3.05, 3.63) is 33.4 Å². The molecule has 1 aliphatic carbocycles. The van der Waals surface area contributed by atoms with Crippen LogP contribution in [0.25, 0.3) is 0 Å². The van der Waals surface area contributed by atoms with E-state index in [0.717, 1.165) is 11.8 Å². The SMILES string of the molecule is CNC1CCC(C(C)(C)C)CC1Cc1ccc(I)cc1. The molecule has 20 heavy (non-hydrogen) atoms. The van der Waals surface area contributed by atoms with Crippen molar-refractivity contribution in [1.82, 2.24) is 5.32 Å². The number of nitrogens with one attached hydrogen (secondary N) is 1. The normalized spacial score (nSPS) is 27.6. The molecule has 0 aromatic heterocycles. The monoisotopic (exact) mass is 385 g/mol. The van der Waals surface area contributed by atoms with E-state index in [1.54, 1.807) is 0 Å². The molecule has 3 atom stereocenters. The molecule has 1 aromatic rings. The van der Waals surface area contributed by atoms with E-state index in [4.69, 9.17) is 0 Å². The van der Waals surface area contributed by atoms with Crippen LogP contribution in [-0.2, 0) is 6.42 Å². The highest BCUT2D eigenvalue weighted by molar-refractivity contribution is 14.1. The maximum absolute atomic E-state index is 3.56. The lowest BCUT2D eigenvalue weighted by atomic mass is 9.66. The lowest BCUT2D eigenvalue weighted by molar-refractivity contribution is 0.117. The van der Waals surface area contributed by atoms with Crippen LogP contribution < -0.4 is 5.32 Å². The summed E-state index contributed by atoms with van der Waals surface area (Å²) in [6.45, 7) is 7.21. The zero-order chi connectivity index (χ0) is 14.8. The maximum Gasteiger partial charge on any atom is 0.0130 e. The molecule has 0 radical (unpaired) electrons. The Labute approximate surface area is 138 Å². The summed E-state index contributed by atoms with van der Waals surface area (Å²) in [5.41, 5.74) is 1.94. The van der Waals surface area contributed by atoms with Crippen molar-refractivity contribution < 1.29 is 0 Å². The van der Waals surface area contributed by atoms with Gasteiger partial charge in [0, 0.05) is 9.61 Å². The minimum atomic E-state index is 0.447. The first-order chi connectivity index (χ1) is 9.40. The van der Waals surface area contributed by atoms with E-state index in [1.165, 1.54) is 34.8 Å². The van der Waals surface area contributed by atoms with E-state index < -0.39 is 0 Å². The summed E-state index contributed by atoms with van der Waals surface area (Å²) in [5, 5.41) is 3.56. The zero-order valence-electron chi connectivity index (χ0n) is 13.2. The van der Waals surface area contributed by atoms with Crippen molar-refractivity contribution in [2.45, 2.75) is 52.5 Å². The molecule has 0 bridgehead atoms. The summed E-state index contributed by atoms with van der Waals surface area (Å²) < 4.78 is 1.33. The summed E-state index contributed by atoms with van der Waals surface area (Å²) in [7, 11) is 2.13. The van der Waals surface area contributed by atoms with E-state index in [-0.39, 0.29) is 0 Å². The van der Waals surface area contributed by atoms with Crippen molar-refractivity contribution in [1.29, 1.82) is 0 Å². The molecule has 112 valence electrons. The van der Waals surface area contributed by atoms with Gasteiger partial charge in [0.25, 0.3) is 0 Å². The van der Waals surface area contributed by atoms with Crippen molar-refractivity contribution >= 4 is 22.6 Å². The summed E-state index contributed by atoms with van der Waals surface area (Å²) in [6.07, 6.45) is 5.28. The minimum absolute atomic E-state index is 0.447. The van der Waals surface area contributed by atoms with Gasteiger partial charge in [0.2, 0.25) is 0 Å². The average molecular weight is 385 g/mol. The Kier molecular flexibility index (Phi) is 5.52. The van der Waals surface area contributed by atoms with Crippen LogP contribution in [0.5, 0.6) is 0 Å². The Hall–Kier alpha value is -0.0900. The third kappa shape index (κ3) is 4.20. The highest BCUT2D eigenvalue weighted by Crippen LogP contribution is 2.41. The van der Waals surface area contributed by atoms with Crippen molar-refractivity contribution in [3.8, 4) is 0 Å². The third-order valence-corrected chi connectivity index (χ3v) is 5.71. The van der Waals surface area contributed by atoms with Crippen LogP contribution in [0.4, 0.5) is 0 Å². The lowest BCUT2D eigenvalue weighted by Crippen LogP contribution is -2.42. The second-order valence-electron chi connectivity index (χ2n) is 7.36. The predicted octanol–water partition coefficient (Wildman–Crippen LogP) is 4.88. The number of hydrogen-bond donors (Lipinski definition) is 1. The molecule has 0 saturated heterocycles. The standard InChI is InChI=1S/C18H28IN/c1-18(2,3)15-7-10-17(20-4)14(12-15)11-13-5-8-16(19)9-6-13/h5-6,8-9,14-15,17,20H,7,10-12H2,1-4H3. The maximum atomic E-state index is 3.56. The highest BCUT2D eigenvalue weighted by atomic mass is 127. The summed E-state index contributed by atoms with van der Waals surface area (Å²) in [5.74, 6) is 1.64. The van der Waals surface area contributed by atoms with Crippen molar-refractivity contribution in [2.75, 3.05) is 7.05 Å². The Morgan fingerprint density at radius 3 is 2.35 bits per heavy atom. The molecule has 1 saturated carbocycles. The largest absolute Gasteiger partial charge is 0.317 e. The minimum Gasteiger partial charge on any atom is -0.317 e. The van der Waals surface area contributed by atoms with Gasteiger partial charge in [0.1, 0.15) is 0 Å². The van der Waals surface area contributed by atoms with Crippen LogP contribution >= 0.6 is 22.6 Å². The topological polar surface area (TPSA) is 12.0 Å². The van der Waals surface area contributed by atoms with E-state index in [9.17, 15) is 0 Å². The summed E-state index contributed by atoms with van der Waals surface area (Å²) in [4.78, 5) is 0. The van der Waals surface area contributed by atoms with Gasteiger partial charge < -0.3 is 5.32 Å². The quantitative estimate of drug-likeness (QED) is 0.731. The van der Waals surface area contributed by atoms with Gasteiger partial charge in [-0.05, 0) is 90.3 Å². The van der Waals surface area contributed by atoms with Crippen LogP contribution in [-0.4, -0.2) is 13.1 Å². The van der Waals surface area contributed by atoms with Crippen LogP contribution in [0.15, 0.2) is 24.3 Å². The zero-order valence-corrected chi connectivity index (χ0v) is 15.4. The van der Waals surface area contributed by atoms with Gasteiger partial charge in [0.15, 0.2) is 0 Å². The fourth-order valence-corrected chi connectivity index (χ4v) is 3.94. The van der Waals surface area contributed by atoms with E-state index in [0.29, 0.717) is 11.5 Å². The van der Waals surface area contributed by atoms with E-state index in [2.05, 4.69) is 80.0 Å². The van der Waals surface area contributed by atoms with Crippen LogP contribution in [0.3, 0.4) is 0 Å². The van der Waals surface area contributed by atoms with Gasteiger partial charge >= 0.3 is 0 Å². The molecular formula is C18H28IN. The van der Waals surface area contributed by atoms with Crippen LogP contribution in [0.2, 0.25) is 0 Å². The number of rotatable bonds is 3. The first-order valence-corrected chi connectivity index (χ1v) is 8.89. The molecule has 3 unspecified atom stereocenters. The molecular weight excluding hydrogens is 357 g/mol. The van der Waals surface area contributed by atoms with Gasteiger partial charge in [-0.2, -0.15) is 0 Å². The molecule has 0 spiro atoms.